The van der Waals surface area contributed by atoms with Crippen LogP contribution in [0.3, 0.4) is 0 Å². The molecule has 31 heavy (non-hydrogen) atoms. The molecule has 0 spiro atoms. The Morgan fingerprint density at radius 1 is 0.903 bits per heavy atom. The summed E-state index contributed by atoms with van der Waals surface area (Å²) in [6, 6.07) is -2.28. The molecule has 2 atom stereocenters. The number of hydrogen-bond donors (Lipinski definition) is 0. The van der Waals surface area contributed by atoms with E-state index in [1.165, 1.54) is 23.0 Å². The number of rotatable bonds is 4. The van der Waals surface area contributed by atoms with E-state index in [1.54, 1.807) is 48.5 Å². The fraction of sp³-hybridized carbons (Fsp3) is 0.714. The normalized spacial score (nSPS) is 19.7. The highest BCUT2D eigenvalue weighted by molar-refractivity contribution is 5.86. The maximum absolute atomic E-state index is 12.8. The van der Waals surface area contributed by atoms with Crippen molar-refractivity contribution in [3.05, 3.63) is 12.2 Å². The Bertz CT molecular complexity index is 705. The monoisotopic (exact) mass is 442 g/mol. The van der Waals surface area contributed by atoms with E-state index in [0.717, 1.165) is 6.08 Å². The molecule has 0 aromatic carbocycles. The number of ether oxygens (including phenoxy) is 4. The molecule has 1 unspecified atom stereocenters. The Morgan fingerprint density at radius 3 is 1.84 bits per heavy atom. The van der Waals surface area contributed by atoms with E-state index in [2.05, 4.69) is 0 Å². The van der Waals surface area contributed by atoms with Crippen LogP contribution < -0.4 is 0 Å². The van der Waals surface area contributed by atoms with Crippen molar-refractivity contribution in [2.24, 2.45) is 0 Å². The molecule has 0 bridgehead atoms. The third-order valence-corrected chi connectivity index (χ3v) is 4.02. The van der Waals surface area contributed by atoms with Gasteiger partial charge in [-0.25, -0.2) is 19.2 Å². The van der Waals surface area contributed by atoms with Crippen LogP contribution in [-0.4, -0.2) is 84.0 Å². The van der Waals surface area contributed by atoms with Gasteiger partial charge in [0.15, 0.2) is 6.04 Å². The maximum atomic E-state index is 12.8. The van der Waals surface area contributed by atoms with E-state index in [4.69, 9.17) is 18.9 Å². The summed E-state index contributed by atoms with van der Waals surface area (Å²) < 4.78 is 20.7. The number of piperazine rings is 1. The minimum atomic E-state index is -1.24. The lowest BCUT2D eigenvalue weighted by Gasteiger charge is -2.44. The summed E-state index contributed by atoms with van der Waals surface area (Å²) in [6.45, 7) is 12.1. The molecule has 0 saturated carbocycles. The topological polar surface area (TPSA) is 112 Å². The lowest BCUT2D eigenvalue weighted by molar-refractivity contribution is -0.150. The minimum absolute atomic E-state index is 0.0116. The lowest BCUT2D eigenvalue weighted by atomic mass is 10.0. The van der Waals surface area contributed by atoms with Gasteiger partial charge >= 0.3 is 24.1 Å². The fourth-order valence-corrected chi connectivity index (χ4v) is 2.88. The molecule has 1 aliphatic heterocycles. The summed E-state index contributed by atoms with van der Waals surface area (Å²) in [5.41, 5.74) is -1.58. The number of amides is 2. The molecule has 1 fully saturated rings. The highest BCUT2D eigenvalue weighted by Gasteiger charge is 2.47. The maximum Gasteiger partial charge on any atom is 0.411 e. The van der Waals surface area contributed by atoms with Gasteiger partial charge in [0.25, 0.3) is 0 Å². The smallest absolute Gasteiger partial charge is 0.411 e. The highest BCUT2D eigenvalue weighted by atomic mass is 16.6. The van der Waals surface area contributed by atoms with Gasteiger partial charge in [-0.15, -0.1) is 0 Å². The molecule has 10 heteroatoms. The average Bonchev–Trinajstić information content (AvgIpc) is 2.62. The molecule has 0 aliphatic carbocycles. The van der Waals surface area contributed by atoms with Crippen LogP contribution in [0.1, 0.15) is 48.5 Å². The van der Waals surface area contributed by atoms with Gasteiger partial charge in [-0.1, -0.05) is 6.08 Å². The van der Waals surface area contributed by atoms with Crippen LogP contribution >= 0.6 is 0 Å². The Labute approximate surface area is 183 Å². The second kappa shape index (κ2) is 10.5. The largest absolute Gasteiger partial charge is 0.467 e. The van der Waals surface area contributed by atoms with Crippen molar-refractivity contribution >= 4 is 24.1 Å². The molecule has 1 rings (SSSR count). The second-order valence-electron chi connectivity index (χ2n) is 8.92. The van der Waals surface area contributed by atoms with Crippen molar-refractivity contribution in [2.45, 2.75) is 71.8 Å². The molecular weight excluding hydrogens is 408 g/mol. The lowest BCUT2D eigenvalue weighted by Crippen LogP contribution is -2.65. The molecule has 176 valence electrons. The van der Waals surface area contributed by atoms with Crippen molar-refractivity contribution in [1.82, 2.24) is 9.80 Å². The molecular formula is C21H34N2O8. The first-order valence-electron chi connectivity index (χ1n) is 10.1. The first kappa shape index (κ1) is 26.3. The van der Waals surface area contributed by atoms with Gasteiger partial charge in [-0.05, 0) is 48.5 Å². The number of carbonyl (C=O) groups excluding carboxylic acids is 4. The molecule has 0 aromatic heterocycles. The molecule has 2 amide bonds. The number of carbonyl (C=O) groups is 4. The zero-order valence-electron chi connectivity index (χ0n) is 19.6. The summed E-state index contributed by atoms with van der Waals surface area (Å²) in [4.78, 5) is 52.6. The molecule has 0 N–H and O–H groups in total. The number of esters is 2. The second-order valence-corrected chi connectivity index (χ2v) is 8.92. The zero-order chi connectivity index (χ0) is 24.0. The Hall–Kier alpha value is -2.78. The molecule has 10 nitrogen and oxygen atoms in total. The third kappa shape index (κ3) is 8.10. The summed E-state index contributed by atoms with van der Waals surface area (Å²) in [7, 11) is 1.17. The number of hydrogen-bond acceptors (Lipinski definition) is 8. The standard InChI is InChI=1S/C21H34N2O8/c1-9-29-15(24)11-10-14-16(17(25)28-8)23(19(27)31-21(5,6)7)13-12-22(14)18(26)30-20(2,3)4/h10-11,14,16H,9,12-13H2,1-8H3/b11-10+/t14?,16-/m1/s1. The predicted octanol–water partition coefficient (Wildman–Crippen LogP) is 2.50. The van der Waals surface area contributed by atoms with Gasteiger partial charge in [0.05, 0.1) is 19.8 Å². The van der Waals surface area contributed by atoms with Gasteiger partial charge in [-0.3, -0.25) is 9.80 Å². The quantitative estimate of drug-likeness (QED) is 0.371. The molecule has 1 heterocycles. The first-order valence-corrected chi connectivity index (χ1v) is 10.1. The van der Waals surface area contributed by atoms with E-state index in [9.17, 15) is 19.2 Å². The van der Waals surface area contributed by atoms with E-state index in [0.29, 0.717) is 0 Å². The van der Waals surface area contributed by atoms with Crippen molar-refractivity contribution in [2.75, 3.05) is 26.8 Å². The molecule has 0 radical (unpaired) electrons. The SMILES string of the molecule is CCOC(=O)/C=C/C1[C@H](C(=O)OC)N(C(=O)OC(C)(C)C)CCN1C(=O)OC(C)(C)C. The zero-order valence-corrected chi connectivity index (χ0v) is 19.6. The molecule has 0 aromatic rings. The van der Waals surface area contributed by atoms with Crippen LogP contribution in [-0.2, 0) is 28.5 Å². The van der Waals surface area contributed by atoms with Gasteiger partial charge in [0.2, 0.25) is 0 Å². The Kier molecular flexibility index (Phi) is 8.89. The van der Waals surface area contributed by atoms with Crippen LogP contribution in [0, 0.1) is 0 Å². The van der Waals surface area contributed by atoms with Gasteiger partial charge < -0.3 is 18.9 Å². The number of methoxy groups -OCH3 is 1. The summed E-state index contributed by atoms with van der Waals surface area (Å²) in [5, 5.41) is 0. The first-order chi connectivity index (χ1) is 14.2. The highest BCUT2D eigenvalue weighted by Crippen LogP contribution is 2.25. The average molecular weight is 443 g/mol. The molecule has 1 aliphatic rings. The van der Waals surface area contributed by atoms with E-state index in [-0.39, 0.29) is 19.7 Å². The van der Waals surface area contributed by atoms with Gasteiger partial charge in [-0.2, -0.15) is 0 Å². The Morgan fingerprint density at radius 2 is 1.39 bits per heavy atom. The minimum Gasteiger partial charge on any atom is -0.467 e. The van der Waals surface area contributed by atoms with Crippen LogP contribution in [0.15, 0.2) is 12.2 Å². The third-order valence-electron chi connectivity index (χ3n) is 4.02. The van der Waals surface area contributed by atoms with Gasteiger partial charge in [0.1, 0.15) is 11.2 Å². The van der Waals surface area contributed by atoms with Crippen molar-refractivity contribution in [3.8, 4) is 0 Å². The van der Waals surface area contributed by atoms with Gasteiger partial charge in [0, 0.05) is 19.2 Å². The van der Waals surface area contributed by atoms with Crippen LogP contribution in [0.5, 0.6) is 0 Å². The Balaban J connectivity index is 3.37. The summed E-state index contributed by atoms with van der Waals surface area (Å²) in [6.07, 6.45) is 1.02. The van der Waals surface area contributed by atoms with Crippen molar-refractivity contribution in [3.63, 3.8) is 0 Å². The van der Waals surface area contributed by atoms with Crippen LogP contribution in [0.25, 0.3) is 0 Å². The van der Waals surface area contributed by atoms with Crippen LogP contribution in [0.4, 0.5) is 9.59 Å². The number of nitrogens with zero attached hydrogens (tertiary/aromatic N) is 2. The van der Waals surface area contributed by atoms with Crippen molar-refractivity contribution < 1.29 is 38.1 Å². The van der Waals surface area contributed by atoms with Crippen LogP contribution in [0.2, 0.25) is 0 Å². The predicted molar refractivity (Wildman–Crippen MR) is 111 cm³/mol. The summed E-state index contributed by atoms with van der Waals surface area (Å²) in [5.74, 6) is -1.41. The van der Waals surface area contributed by atoms with E-state index < -0.39 is 47.4 Å². The molecule has 1 saturated heterocycles. The van der Waals surface area contributed by atoms with Crippen molar-refractivity contribution in [1.29, 1.82) is 0 Å². The summed E-state index contributed by atoms with van der Waals surface area (Å²) >= 11 is 0. The van der Waals surface area contributed by atoms with E-state index >= 15 is 0 Å². The van der Waals surface area contributed by atoms with E-state index in [1.807, 2.05) is 0 Å². The fourth-order valence-electron chi connectivity index (χ4n) is 2.88.